The third kappa shape index (κ3) is 2.13. The lowest BCUT2D eigenvalue weighted by molar-refractivity contribution is 0.00695. The smallest absolute Gasteiger partial charge is 0.123 e. The van der Waals surface area contributed by atoms with Crippen molar-refractivity contribution in [2.45, 2.75) is 19.1 Å². The number of nitrogens with one attached hydrogen (secondary N) is 1. The van der Waals surface area contributed by atoms with Crippen molar-refractivity contribution in [1.29, 1.82) is 0 Å². The van der Waals surface area contributed by atoms with Gasteiger partial charge in [-0.2, -0.15) is 0 Å². The summed E-state index contributed by atoms with van der Waals surface area (Å²) in [6.07, 6.45) is 0.190. The molecule has 1 saturated heterocycles. The molecular weight excluding hydrogens is 190 g/mol. The van der Waals surface area contributed by atoms with Crippen molar-refractivity contribution in [3.8, 4) is 5.75 Å². The van der Waals surface area contributed by atoms with E-state index in [1.54, 1.807) is 7.11 Å². The van der Waals surface area contributed by atoms with Crippen LogP contribution in [-0.2, 0) is 4.74 Å². The summed E-state index contributed by atoms with van der Waals surface area (Å²) in [6.45, 7) is 3.77. The van der Waals surface area contributed by atoms with Gasteiger partial charge < -0.3 is 14.8 Å². The van der Waals surface area contributed by atoms with E-state index in [1.807, 2.05) is 18.2 Å². The molecule has 1 aliphatic heterocycles. The maximum Gasteiger partial charge on any atom is 0.123 e. The van der Waals surface area contributed by atoms with E-state index in [4.69, 9.17) is 9.47 Å². The van der Waals surface area contributed by atoms with Gasteiger partial charge in [-0.3, -0.25) is 0 Å². The minimum absolute atomic E-state index is 0.190. The van der Waals surface area contributed by atoms with Crippen LogP contribution in [0.1, 0.15) is 18.5 Å². The first-order chi connectivity index (χ1) is 7.33. The number of morpholine rings is 1. The summed E-state index contributed by atoms with van der Waals surface area (Å²) in [5.41, 5.74) is 1.17. The molecule has 0 aromatic heterocycles. The molecule has 0 saturated carbocycles. The predicted molar refractivity (Wildman–Crippen MR) is 59.2 cm³/mol. The van der Waals surface area contributed by atoms with E-state index in [0.717, 1.165) is 18.9 Å². The van der Waals surface area contributed by atoms with Gasteiger partial charge in [0.1, 0.15) is 5.75 Å². The van der Waals surface area contributed by atoms with Crippen LogP contribution in [0.3, 0.4) is 0 Å². The molecule has 3 heteroatoms. The van der Waals surface area contributed by atoms with E-state index >= 15 is 0 Å². The minimum Gasteiger partial charge on any atom is -0.496 e. The van der Waals surface area contributed by atoms with Crippen molar-refractivity contribution < 1.29 is 9.47 Å². The van der Waals surface area contributed by atoms with Gasteiger partial charge in [-0.15, -0.1) is 0 Å². The summed E-state index contributed by atoms with van der Waals surface area (Å²) >= 11 is 0. The van der Waals surface area contributed by atoms with Crippen LogP contribution in [0, 0.1) is 0 Å². The summed E-state index contributed by atoms with van der Waals surface area (Å²) in [5.74, 6) is 0.923. The predicted octanol–water partition coefficient (Wildman–Crippen LogP) is 1.74. The zero-order valence-electron chi connectivity index (χ0n) is 9.19. The largest absolute Gasteiger partial charge is 0.496 e. The number of ether oxygens (including phenoxy) is 2. The lowest BCUT2D eigenvalue weighted by atomic mass is 10.00. The molecule has 1 N–H and O–H groups in total. The fourth-order valence-corrected chi connectivity index (χ4v) is 2.01. The van der Waals surface area contributed by atoms with Crippen LogP contribution >= 0.6 is 0 Å². The number of benzene rings is 1. The molecule has 0 bridgehead atoms. The molecular formula is C12H17NO2. The molecule has 1 fully saturated rings. The number of hydrogen-bond donors (Lipinski definition) is 1. The second-order valence-electron chi connectivity index (χ2n) is 3.75. The fraction of sp³-hybridized carbons (Fsp3) is 0.500. The Labute approximate surface area is 90.4 Å². The maximum absolute atomic E-state index is 5.63. The van der Waals surface area contributed by atoms with Gasteiger partial charge in [0.2, 0.25) is 0 Å². The quantitative estimate of drug-likeness (QED) is 0.801. The highest BCUT2D eigenvalue weighted by molar-refractivity contribution is 5.36. The van der Waals surface area contributed by atoms with Crippen molar-refractivity contribution in [1.82, 2.24) is 5.32 Å². The summed E-state index contributed by atoms with van der Waals surface area (Å²) in [5, 5.41) is 3.45. The molecule has 0 spiro atoms. The van der Waals surface area contributed by atoms with Gasteiger partial charge in [0.05, 0.1) is 25.9 Å². The normalized spacial score (nSPS) is 26.3. The summed E-state index contributed by atoms with van der Waals surface area (Å²) in [4.78, 5) is 0. The van der Waals surface area contributed by atoms with Gasteiger partial charge in [0.25, 0.3) is 0 Å². The second-order valence-corrected chi connectivity index (χ2v) is 3.75. The maximum atomic E-state index is 5.63. The van der Waals surface area contributed by atoms with Gasteiger partial charge in [-0.25, -0.2) is 0 Å². The molecule has 0 amide bonds. The van der Waals surface area contributed by atoms with E-state index < -0.39 is 0 Å². The van der Waals surface area contributed by atoms with E-state index in [0.29, 0.717) is 0 Å². The second kappa shape index (κ2) is 4.64. The Balaban J connectivity index is 2.26. The Hall–Kier alpha value is -1.06. The Morgan fingerprint density at radius 3 is 2.93 bits per heavy atom. The monoisotopic (exact) mass is 207 g/mol. The first-order valence-electron chi connectivity index (χ1n) is 5.31. The first-order valence-corrected chi connectivity index (χ1v) is 5.31. The van der Waals surface area contributed by atoms with Crippen LogP contribution in [0.2, 0.25) is 0 Å². The molecule has 2 unspecified atom stereocenters. The fourth-order valence-electron chi connectivity index (χ4n) is 2.01. The topological polar surface area (TPSA) is 30.5 Å². The van der Waals surface area contributed by atoms with Crippen LogP contribution in [0.4, 0.5) is 0 Å². The third-order valence-corrected chi connectivity index (χ3v) is 2.79. The van der Waals surface area contributed by atoms with Crippen LogP contribution in [0.25, 0.3) is 0 Å². The third-order valence-electron chi connectivity index (χ3n) is 2.79. The Bertz CT molecular complexity index is 327. The first kappa shape index (κ1) is 10.5. The summed E-state index contributed by atoms with van der Waals surface area (Å²) in [7, 11) is 1.70. The molecule has 1 aliphatic rings. The zero-order chi connectivity index (χ0) is 10.7. The van der Waals surface area contributed by atoms with E-state index in [-0.39, 0.29) is 12.1 Å². The number of methoxy groups -OCH3 is 1. The zero-order valence-corrected chi connectivity index (χ0v) is 9.19. The van der Waals surface area contributed by atoms with Gasteiger partial charge in [-0.1, -0.05) is 18.2 Å². The van der Waals surface area contributed by atoms with Crippen molar-refractivity contribution >= 4 is 0 Å². The lowest BCUT2D eigenvalue weighted by Gasteiger charge is -2.31. The van der Waals surface area contributed by atoms with Crippen LogP contribution in [0.5, 0.6) is 5.75 Å². The number of rotatable bonds is 2. The Kier molecular flexibility index (Phi) is 3.23. The van der Waals surface area contributed by atoms with Crippen molar-refractivity contribution in [3.63, 3.8) is 0 Å². The highest BCUT2D eigenvalue weighted by atomic mass is 16.5. The standard InChI is InChI=1S/C12H17NO2/c1-9-12(13-7-8-15-9)10-5-3-4-6-11(10)14-2/h3-6,9,12-13H,7-8H2,1-2H3. The summed E-state index contributed by atoms with van der Waals surface area (Å²) < 4.78 is 11.0. The van der Waals surface area contributed by atoms with Crippen molar-refractivity contribution in [3.05, 3.63) is 29.8 Å². The number of hydrogen-bond acceptors (Lipinski definition) is 3. The average Bonchev–Trinajstić information content (AvgIpc) is 2.30. The molecule has 1 aromatic carbocycles. The van der Waals surface area contributed by atoms with E-state index in [2.05, 4.69) is 18.3 Å². The van der Waals surface area contributed by atoms with E-state index in [9.17, 15) is 0 Å². The van der Waals surface area contributed by atoms with Gasteiger partial charge >= 0.3 is 0 Å². The SMILES string of the molecule is COc1ccccc1C1NCCOC1C. The lowest BCUT2D eigenvalue weighted by Crippen LogP contribution is -2.40. The Morgan fingerprint density at radius 1 is 1.40 bits per heavy atom. The van der Waals surface area contributed by atoms with Crippen molar-refractivity contribution in [2.24, 2.45) is 0 Å². The average molecular weight is 207 g/mol. The molecule has 0 radical (unpaired) electrons. The van der Waals surface area contributed by atoms with Crippen LogP contribution in [0.15, 0.2) is 24.3 Å². The van der Waals surface area contributed by atoms with Crippen LogP contribution in [-0.4, -0.2) is 26.4 Å². The van der Waals surface area contributed by atoms with Gasteiger partial charge in [0, 0.05) is 12.1 Å². The molecule has 2 rings (SSSR count). The highest BCUT2D eigenvalue weighted by Crippen LogP contribution is 2.29. The summed E-state index contributed by atoms with van der Waals surface area (Å²) in [6, 6.07) is 8.31. The molecule has 2 atom stereocenters. The highest BCUT2D eigenvalue weighted by Gasteiger charge is 2.25. The minimum atomic E-state index is 0.190. The van der Waals surface area contributed by atoms with Gasteiger partial charge in [-0.05, 0) is 13.0 Å². The van der Waals surface area contributed by atoms with Crippen LogP contribution < -0.4 is 10.1 Å². The van der Waals surface area contributed by atoms with Crippen molar-refractivity contribution in [2.75, 3.05) is 20.3 Å². The molecule has 1 heterocycles. The Morgan fingerprint density at radius 2 is 2.20 bits per heavy atom. The van der Waals surface area contributed by atoms with Gasteiger partial charge in [0.15, 0.2) is 0 Å². The van der Waals surface area contributed by atoms with E-state index in [1.165, 1.54) is 5.56 Å². The number of para-hydroxylation sites is 1. The molecule has 3 nitrogen and oxygen atoms in total. The molecule has 0 aliphatic carbocycles. The molecule has 82 valence electrons. The molecule has 15 heavy (non-hydrogen) atoms. The molecule has 1 aromatic rings.